The summed E-state index contributed by atoms with van der Waals surface area (Å²) in [6.07, 6.45) is -2.15. The molecular weight excluding hydrogens is 358 g/mol. The molecule has 0 saturated carbocycles. The van der Waals surface area contributed by atoms with Gasteiger partial charge in [-0.2, -0.15) is 0 Å². The van der Waals surface area contributed by atoms with Crippen LogP contribution in [0, 0.1) is 0 Å². The van der Waals surface area contributed by atoms with E-state index >= 15 is 0 Å². The predicted molar refractivity (Wildman–Crippen MR) is 93.8 cm³/mol. The van der Waals surface area contributed by atoms with E-state index in [1.54, 1.807) is 37.3 Å². The normalized spacial score (nSPS) is 20.4. The number of aliphatic hydroxyl groups excluding tert-OH is 1. The summed E-state index contributed by atoms with van der Waals surface area (Å²) in [4.78, 5) is 47.1. The molecule has 0 bridgehead atoms. The minimum atomic E-state index is -1.47. The van der Waals surface area contributed by atoms with Crippen LogP contribution in [0.1, 0.15) is 18.9 Å². The molecule has 1 saturated heterocycles. The molecule has 5 amide bonds. The van der Waals surface area contributed by atoms with Crippen LogP contribution in [-0.4, -0.2) is 65.4 Å². The molecule has 1 aromatic carbocycles. The Bertz CT molecular complexity index is 691. The van der Waals surface area contributed by atoms with Gasteiger partial charge in [-0.05, 0) is 12.0 Å². The summed E-state index contributed by atoms with van der Waals surface area (Å²) in [7, 11) is 1.41. The third kappa shape index (κ3) is 5.02. The first-order chi connectivity index (χ1) is 12.7. The Hall–Kier alpha value is -2.98. The molecule has 1 aliphatic heterocycles. The van der Waals surface area contributed by atoms with Gasteiger partial charge in [0.25, 0.3) is 5.91 Å². The van der Waals surface area contributed by atoms with Crippen LogP contribution in [0.25, 0.3) is 0 Å². The molecule has 0 radical (unpaired) electrons. The summed E-state index contributed by atoms with van der Waals surface area (Å²) < 4.78 is 4.81. The zero-order valence-electron chi connectivity index (χ0n) is 15.0. The summed E-state index contributed by atoms with van der Waals surface area (Å²) in [5.74, 6) is -1.27. The molecule has 2 atom stereocenters. The molecule has 0 aliphatic carbocycles. The third-order valence-corrected chi connectivity index (χ3v) is 4.01. The molecule has 2 rings (SSSR count). The molecule has 10 nitrogen and oxygen atoms in total. The summed E-state index contributed by atoms with van der Waals surface area (Å²) in [5, 5.41) is 19.2. The largest absolute Gasteiger partial charge is 0.465 e. The van der Waals surface area contributed by atoms with Crippen molar-refractivity contribution in [3.8, 4) is 0 Å². The van der Waals surface area contributed by atoms with Crippen LogP contribution in [0.2, 0.25) is 0 Å². The van der Waals surface area contributed by atoms with Gasteiger partial charge in [0.05, 0.1) is 19.3 Å². The molecular formula is C17H23N3O7. The van der Waals surface area contributed by atoms with Crippen LogP contribution in [0.3, 0.4) is 0 Å². The Balaban J connectivity index is 0.000000828. The average molecular weight is 381 g/mol. The number of β-amino-alcohol motifs (C(OH)–C–C–N with tert-alkyl or cyclic N) is 1. The van der Waals surface area contributed by atoms with Crippen LogP contribution in [0.5, 0.6) is 0 Å². The van der Waals surface area contributed by atoms with E-state index in [0.717, 1.165) is 4.90 Å². The van der Waals surface area contributed by atoms with Crippen molar-refractivity contribution in [2.75, 3.05) is 20.3 Å². The van der Waals surface area contributed by atoms with Crippen molar-refractivity contribution in [2.24, 2.45) is 5.73 Å². The highest BCUT2D eigenvalue weighted by Crippen LogP contribution is 2.33. The molecule has 1 aliphatic rings. The van der Waals surface area contributed by atoms with Crippen molar-refractivity contribution in [3.05, 3.63) is 35.9 Å². The quantitative estimate of drug-likeness (QED) is 0.506. The molecule has 2 unspecified atom stereocenters. The Morgan fingerprint density at radius 2 is 1.85 bits per heavy atom. The Morgan fingerprint density at radius 3 is 2.33 bits per heavy atom. The lowest BCUT2D eigenvalue weighted by Crippen LogP contribution is -2.66. The number of rotatable bonds is 6. The Kier molecular flexibility index (Phi) is 7.88. The first-order valence-corrected chi connectivity index (χ1v) is 8.09. The predicted octanol–water partition coefficient (Wildman–Crippen LogP) is 0.0432. The minimum Gasteiger partial charge on any atom is -0.465 e. The first kappa shape index (κ1) is 22.1. The van der Waals surface area contributed by atoms with Gasteiger partial charge in [0.15, 0.2) is 5.41 Å². The second kappa shape index (κ2) is 9.64. The highest BCUT2D eigenvalue weighted by molar-refractivity contribution is 6.22. The smallest absolute Gasteiger partial charge is 0.402 e. The number of nitrogens with one attached hydrogen (secondary N) is 1. The number of carbonyl (C=O) groups excluding carboxylic acids is 3. The lowest BCUT2D eigenvalue weighted by molar-refractivity contribution is -0.146. The molecule has 0 spiro atoms. The molecule has 0 aromatic heterocycles. The number of benzene rings is 1. The molecule has 10 heteroatoms. The monoisotopic (exact) mass is 381 g/mol. The number of carboxylic acid groups (broad SMARTS) is 1. The second-order valence-electron chi connectivity index (χ2n) is 5.75. The van der Waals surface area contributed by atoms with E-state index in [9.17, 15) is 19.5 Å². The van der Waals surface area contributed by atoms with Crippen LogP contribution in [0.15, 0.2) is 30.3 Å². The number of urea groups is 1. The zero-order valence-corrected chi connectivity index (χ0v) is 15.0. The molecule has 5 N–H and O–H groups in total. The highest BCUT2D eigenvalue weighted by Gasteiger charge is 2.54. The van der Waals surface area contributed by atoms with Gasteiger partial charge in [0.1, 0.15) is 0 Å². The summed E-state index contributed by atoms with van der Waals surface area (Å²) in [6.45, 7) is 1.46. The maximum absolute atomic E-state index is 12.9. The van der Waals surface area contributed by atoms with E-state index in [0.29, 0.717) is 5.56 Å². The molecule has 148 valence electrons. The number of nitrogens with zero attached hydrogens (tertiary/aromatic N) is 1. The summed E-state index contributed by atoms with van der Waals surface area (Å²) >= 11 is 0. The number of nitrogens with two attached hydrogens (primary N) is 1. The van der Waals surface area contributed by atoms with Crippen LogP contribution in [0.4, 0.5) is 9.59 Å². The first-order valence-electron chi connectivity index (χ1n) is 8.09. The van der Waals surface area contributed by atoms with Crippen LogP contribution in [-0.2, 0) is 19.7 Å². The van der Waals surface area contributed by atoms with Crippen molar-refractivity contribution in [2.45, 2.75) is 24.9 Å². The van der Waals surface area contributed by atoms with Gasteiger partial charge in [0.2, 0.25) is 5.91 Å². The zero-order chi connectivity index (χ0) is 20.6. The maximum atomic E-state index is 12.9. The SMILES string of the molecule is CCC1(c2ccccc2)C(=O)NC(=O)N(CC(O)COC)C1=O.NC(=O)O. The van der Waals surface area contributed by atoms with E-state index in [-0.39, 0.29) is 19.6 Å². The van der Waals surface area contributed by atoms with Gasteiger partial charge >= 0.3 is 12.1 Å². The lowest BCUT2D eigenvalue weighted by atomic mass is 9.74. The number of imide groups is 2. The van der Waals surface area contributed by atoms with Gasteiger partial charge < -0.3 is 20.7 Å². The standard InChI is InChI=1S/C16H20N2O5.CH3NO2/c1-3-16(11-7-5-4-6-8-11)13(20)17-15(22)18(14(16)21)9-12(19)10-23-2;2-1(3)4/h4-8,12,19H,3,9-10H2,1-2H3,(H,17,20,22);2H2,(H,3,4). The lowest BCUT2D eigenvalue weighted by Gasteiger charge is -2.39. The number of primary amides is 1. The number of ether oxygens (including phenoxy) is 1. The number of carbonyl (C=O) groups is 4. The maximum Gasteiger partial charge on any atom is 0.402 e. The average Bonchev–Trinajstić information content (AvgIpc) is 2.60. The highest BCUT2D eigenvalue weighted by atomic mass is 16.5. The van der Waals surface area contributed by atoms with Gasteiger partial charge in [0, 0.05) is 7.11 Å². The number of aliphatic hydroxyl groups is 1. The third-order valence-electron chi connectivity index (χ3n) is 4.01. The van der Waals surface area contributed by atoms with E-state index in [1.807, 2.05) is 0 Å². The second-order valence-corrected chi connectivity index (χ2v) is 5.75. The molecule has 1 heterocycles. The fourth-order valence-electron chi connectivity index (χ4n) is 2.81. The summed E-state index contributed by atoms with van der Waals surface area (Å²) in [6, 6.07) is 7.78. The molecule has 1 aromatic rings. The van der Waals surface area contributed by atoms with Gasteiger partial charge in [-0.1, -0.05) is 37.3 Å². The van der Waals surface area contributed by atoms with Gasteiger partial charge in [-0.25, -0.2) is 9.59 Å². The van der Waals surface area contributed by atoms with Crippen LogP contribution < -0.4 is 11.1 Å². The van der Waals surface area contributed by atoms with Crippen LogP contribution >= 0.6 is 0 Å². The van der Waals surface area contributed by atoms with Crippen molar-refractivity contribution < 1.29 is 34.1 Å². The van der Waals surface area contributed by atoms with Gasteiger partial charge in [-0.3, -0.25) is 19.8 Å². The van der Waals surface area contributed by atoms with Crippen molar-refractivity contribution in [1.82, 2.24) is 10.2 Å². The fourth-order valence-corrected chi connectivity index (χ4v) is 2.81. The minimum absolute atomic E-state index is 0.0184. The van der Waals surface area contributed by atoms with Crippen molar-refractivity contribution in [3.63, 3.8) is 0 Å². The topological polar surface area (TPSA) is 159 Å². The van der Waals surface area contributed by atoms with Crippen molar-refractivity contribution in [1.29, 1.82) is 0 Å². The number of hydrogen-bond acceptors (Lipinski definition) is 6. The Morgan fingerprint density at radius 1 is 1.30 bits per heavy atom. The fraction of sp³-hybridized carbons (Fsp3) is 0.412. The molecule has 27 heavy (non-hydrogen) atoms. The Labute approximate surface area is 155 Å². The number of hydrogen-bond donors (Lipinski definition) is 4. The van der Waals surface area contributed by atoms with E-state index in [1.165, 1.54) is 7.11 Å². The molecule has 1 fully saturated rings. The van der Waals surface area contributed by atoms with E-state index in [4.69, 9.17) is 14.6 Å². The number of methoxy groups -OCH3 is 1. The van der Waals surface area contributed by atoms with Gasteiger partial charge in [-0.15, -0.1) is 0 Å². The summed E-state index contributed by atoms with van der Waals surface area (Å²) in [5.41, 5.74) is 3.07. The number of amides is 5. The van der Waals surface area contributed by atoms with E-state index < -0.39 is 35.5 Å². The van der Waals surface area contributed by atoms with Crippen molar-refractivity contribution >= 4 is 23.9 Å². The number of barbiturate groups is 1. The van der Waals surface area contributed by atoms with E-state index in [2.05, 4.69) is 11.1 Å².